The molecule has 0 aliphatic heterocycles. The van der Waals surface area contributed by atoms with Crippen LogP contribution in [0.1, 0.15) is 11.1 Å². The van der Waals surface area contributed by atoms with Gasteiger partial charge in [0.15, 0.2) is 0 Å². The summed E-state index contributed by atoms with van der Waals surface area (Å²) in [5, 5.41) is 13.6. The van der Waals surface area contributed by atoms with E-state index in [0.717, 1.165) is 29.6 Å². The molecule has 21 heavy (non-hydrogen) atoms. The van der Waals surface area contributed by atoms with Crippen molar-refractivity contribution in [1.82, 2.24) is 9.97 Å². The maximum Gasteiger partial charge on any atom is 0.103 e. The number of benzene rings is 1. The molecule has 3 rings (SSSR count). The second-order valence-electron chi connectivity index (χ2n) is 4.71. The Hall–Kier alpha value is -2.93. The van der Waals surface area contributed by atoms with Gasteiger partial charge in [0.1, 0.15) is 6.07 Å². The lowest BCUT2D eigenvalue weighted by atomic mass is 10.1. The van der Waals surface area contributed by atoms with Crippen molar-refractivity contribution >= 4 is 16.6 Å². The summed E-state index contributed by atoms with van der Waals surface area (Å²) in [7, 11) is 0. The highest BCUT2D eigenvalue weighted by Crippen LogP contribution is 2.25. The number of pyridine rings is 2. The number of hydrogen-bond donors (Lipinski definition) is 1. The fraction of sp³-hybridized carbons (Fsp3) is 0.118. The number of nitriles is 1. The molecule has 0 unspecified atom stereocenters. The predicted octanol–water partition coefficient (Wildman–Crippen LogP) is 3.16. The largest absolute Gasteiger partial charge is 0.383 e. The molecule has 0 atom stereocenters. The third-order valence-corrected chi connectivity index (χ3v) is 3.36. The van der Waals surface area contributed by atoms with Crippen LogP contribution in [0.4, 0.5) is 5.69 Å². The summed E-state index contributed by atoms with van der Waals surface area (Å²) in [6, 6.07) is 14.0. The number of para-hydroxylation sites is 1. The molecule has 2 heterocycles. The molecule has 0 fully saturated rings. The van der Waals surface area contributed by atoms with Crippen molar-refractivity contribution in [2.75, 3.05) is 11.9 Å². The Kier molecular flexibility index (Phi) is 3.74. The van der Waals surface area contributed by atoms with Gasteiger partial charge in [0, 0.05) is 30.5 Å². The Morgan fingerprint density at radius 3 is 2.71 bits per heavy atom. The maximum absolute atomic E-state index is 9.26. The van der Waals surface area contributed by atoms with Crippen molar-refractivity contribution in [2.24, 2.45) is 0 Å². The number of rotatable bonds is 4. The van der Waals surface area contributed by atoms with E-state index in [0.29, 0.717) is 5.56 Å². The van der Waals surface area contributed by atoms with Gasteiger partial charge >= 0.3 is 0 Å². The van der Waals surface area contributed by atoms with Gasteiger partial charge in [-0.1, -0.05) is 18.2 Å². The minimum atomic E-state index is 0.573. The van der Waals surface area contributed by atoms with Crippen LogP contribution in [-0.4, -0.2) is 16.5 Å². The second-order valence-corrected chi connectivity index (χ2v) is 4.71. The Balaban J connectivity index is 1.84. The van der Waals surface area contributed by atoms with Crippen molar-refractivity contribution in [2.45, 2.75) is 6.42 Å². The van der Waals surface area contributed by atoms with Gasteiger partial charge in [0.25, 0.3) is 0 Å². The number of fused-ring (bicyclic) bond motifs is 1. The van der Waals surface area contributed by atoms with Crippen LogP contribution in [0.5, 0.6) is 0 Å². The van der Waals surface area contributed by atoms with Gasteiger partial charge in [-0.2, -0.15) is 5.26 Å². The Bertz CT molecular complexity index is 791. The van der Waals surface area contributed by atoms with E-state index in [4.69, 9.17) is 0 Å². The van der Waals surface area contributed by atoms with Crippen LogP contribution in [0.2, 0.25) is 0 Å². The van der Waals surface area contributed by atoms with Gasteiger partial charge in [-0.3, -0.25) is 9.97 Å². The van der Waals surface area contributed by atoms with E-state index in [-0.39, 0.29) is 0 Å². The van der Waals surface area contributed by atoms with E-state index in [1.165, 1.54) is 5.56 Å². The number of anilines is 1. The normalized spacial score (nSPS) is 10.2. The van der Waals surface area contributed by atoms with Crippen molar-refractivity contribution in [1.29, 1.82) is 5.26 Å². The Morgan fingerprint density at radius 2 is 1.90 bits per heavy atom. The van der Waals surface area contributed by atoms with Crippen LogP contribution >= 0.6 is 0 Å². The van der Waals surface area contributed by atoms with Crippen molar-refractivity contribution < 1.29 is 0 Å². The third-order valence-electron chi connectivity index (χ3n) is 3.36. The molecule has 4 nitrogen and oxygen atoms in total. The maximum atomic E-state index is 9.26. The van der Waals surface area contributed by atoms with E-state index >= 15 is 0 Å². The van der Waals surface area contributed by atoms with Crippen molar-refractivity contribution in [3.05, 3.63) is 66.1 Å². The van der Waals surface area contributed by atoms with Gasteiger partial charge in [-0.15, -0.1) is 0 Å². The van der Waals surface area contributed by atoms with E-state index in [2.05, 4.69) is 21.4 Å². The van der Waals surface area contributed by atoms with Crippen molar-refractivity contribution in [3.63, 3.8) is 0 Å². The molecule has 1 N–H and O–H groups in total. The molecule has 0 aliphatic rings. The first kappa shape index (κ1) is 13.1. The predicted molar refractivity (Wildman–Crippen MR) is 82.9 cm³/mol. The highest BCUT2D eigenvalue weighted by atomic mass is 14.9. The molecule has 2 aromatic heterocycles. The van der Waals surface area contributed by atoms with Gasteiger partial charge in [0.2, 0.25) is 0 Å². The van der Waals surface area contributed by atoms with E-state index in [1.54, 1.807) is 18.6 Å². The standard InChI is InChI=1S/C17H14N4/c18-11-14-12-21-16-4-2-1-3-15(16)17(14)20-10-7-13-5-8-19-9-6-13/h1-6,8-9,12H,7,10H2,(H,20,21). The molecule has 0 saturated carbocycles. The average molecular weight is 274 g/mol. The Labute approximate surface area is 123 Å². The second kappa shape index (κ2) is 6.02. The SMILES string of the molecule is N#Cc1cnc2ccccc2c1NCCc1ccncc1. The molecule has 0 amide bonds. The lowest BCUT2D eigenvalue weighted by molar-refractivity contribution is 1.01. The quantitative estimate of drug-likeness (QED) is 0.793. The summed E-state index contributed by atoms with van der Waals surface area (Å²) < 4.78 is 0. The van der Waals surface area contributed by atoms with Crippen LogP contribution in [-0.2, 0) is 6.42 Å². The van der Waals surface area contributed by atoms with Gasteiger partial charge < -0.3 is 5.32 Å². The minimum Gasteiger partial charge on any atom is -0.383 e. The smallest absolute Gasteiger partial charge is 0.103 e. The fourth-order valence-electron chi connectivity index (χ4n) is 2.30. The van der Waals surface area contributed by atoms with Crippen LogP contribution in [0.3, 0.4) is 0 Å². The minimum absolute atomic E-state index is 0.573. The first-order chi connectivity index (χ1) is 10.4. The van der Waals surface area contributed by atoms with Crippen LogP contribution in [0.25, 0.3) is 10.9 Å². The molecule has 4 heteroatoms. The summed E-state index contributed by atoms with van der Waals surface area (Å²) >= 11 is 0. The number of hydrogen-bond acceptors (Lipinski definition) is 4. The molecular weight excluding hydrogens is 260 g/mol. The highest BCUT2D eigenvalue weighted by molar-refractivity contribution is 5.93. The lowest BCUT2D eigenvalue weighted by Crippen LogP contribution is -2.07. The monoisotopic (exact) mass is 274 g/mol. The zero-order valence-corrected chi connectivity index (χ0v) is 11.5. The summed E-state index contributed by atoms with van der Waals surface area (Å²) in [4.78, 5) is 8.32. The molecule has 0 saturated heterocycles. The topological polar surface area (TPSA) is 61.6 Å². The lowest BCUT2D eigenvalue weighted by Gasteiger charge is -2.11. The van der Waals surface area contributed by atoms with Gasteiger partial charge in [-0.05, 0) is 30.2 Å². The average Bonchev–Trinajstić information content (AvgIpc) is 2.56. The molecule has 1 aromatic carbocycles. The molecule has 0 radical (unpaired) electrons. The van der Waals surface area contributed by atoms with E-state index < -0.39 is 0 Å². The summed E-state index contributed by atoms with van der Waals surface area (Å²) in [6.45, 7) is 0.757. The number of nitrogens with one attached hydrogen (secondary N) is 1. The summed E-state index contributed by atoms with van der Waals surface area (Å²) in [6.07, 6.45) is 6.08. The molecule has 0 aliphatic carbocycles. The van der Waals surface area contributed by atoms with E-state index in [9.17, 15) is 5.26 Å². The summed E-state index contributed by atoms with van der Waals surface area (Å²) in [5.74, 6) is 0. The van der Waals surface area contributed by atoms with Crippen LogP contribution in [0.15, 0.2) is 55.0 Å². The number of nitrogens with zero attached hydrogens (tertiary/aromatic N) is 3. The Morgan fingerprint density at radius 1 is 1.10 bits per heavy atom. The zero-order valence-electron chi connectivity index (χ0n) is 11.5. The van der Waals surface area contributed by atoms with Gasteiger partial charge in [-0.25, -0.2) is 0 Å². The van der Waals surface area contributed by atoms with E-state index in [1.807, 2.05) is 36.4 Å². The molecule has 0 bridgehead atoms. The molecular formula is C17H14N4. The third kappa shape index (κ3) is 2.82. The molecule has 0 spiro atoms. The van der Waals surface area contributed by atoms with Crippen LogP contribution < -0.4 is 5.32 Å². The highest BCUT2D eigenvalue weighted by Gasteiger charge is 2.07. The first-order valence-electron chi connectivity index (χ1n) is 6.79. The van der Waals surface area contributed by atoms with Gasteiger partial charge in [0.05, 0.1) is 16.8 Å². The van der Waals surface area contributed by atoms with Crippen LogP contribution in [0, 0.1) is 11.3 Å². The zero-order chi connectivity index (χ0) is 14.5. The molecule has 102 valence electrons. The summed E-state index contributed by atoms with van der Waals surface area (Å²) in [5.41, 5.74) is 3.54. The fourth-order valence-corrected chi connectivity index (χ4v) is 2.30. The first-order valence-corrected chi connectivity index (χ1v) is 6.79. The van der Waals surface area contributed by atoms with Crippen molar-refractivity contribution in [3.8, 4) is 6.07 Å². The number of aromatic nitrogens is 2. The molecule has 3 aromatic rings.